The summed E-state index contributed by atoms with van der Waals surface area (Å²) in [5.41, 5.74) is 2.31. The highest BCUT2D eigenvalue weighted by molar-refractivity contribution is 5.95. The molecule has 2 aromatic rings. The van der Waals surface area contributed by atoms with Crippen molar-refractivity contribution in [3.63, 3.8) is 0 Å². The van der Waals surface area contributed by atoms with Crippen molar-refractivity contribution >= 4 is 5.91 Å². The quantitative estimate of drug-likeness (QED) is 0.903. The van der Waals surface area contributed by atoms with Gasteiger partial charge in [-0.2, -0.15) is 0 Å². The molecule has 1 saturated heterocycles. The highest BCUT2D eigenvalue weighted by Crippen LogP contribution is 2.19. The Balaban J connectivity index is 1.63. The molecule has 1 fully saturated rings. The van der Waals surface area contributed by atoms with Crippen LogP contribution in [-0.4, -0.2) is 36.4 Å². The zero-order valence-corrected chi connectivity index (χ0v) is 14.1. The van der Waals surface area contributed by atoms with Crippen LogP contribution in [0.2, 0.25) is 0 Å². The number of furan rings is 1. The topological polar surface area (TPSA) is 86.7 Å². The lowest BCUT2D eigenvalue weighted by atomic mass is 10.1. The van der Waals surface area contributed by atoms with Crippen LogP contribution >= 0.6 is 0 Å². The van der Waals surface area contributed by atoms with E-state index in [0.717, 1.165) is 17.0 Å². The summed E-state index contributed by atoms with van der Waals surface area (Å²) in [6.45, 7) is 6.93. The average molecular weight is 334 g/mol. The Morgan fingerprint density at radius 1 is 1.38 bits per heavy atom. The van der Waals surface area contributed by atoms with E-state index in [1.165, 1.54) is 6.26 Å². The van der Waals surface area contributed by atoms with Gasteiger partial charge < -0.3 is 23.7 Å². The molecule has 0 saturated carbocycles. The molecular weight excluding hydrogens is 312 g/mol. The molecule has 2 aromatic heterocycles. The zero-order chi connectivity index (χ0) is 17.1. The van der Waals surface area contributed by atoms with Crippen molar-refractivity contribution in [2.75, 3.05) is 13.2 Å². The molecular formula is C17H22N2O5. The number of nitrogens with one attached hydrogen (secondary N) is 1. The second-order valence-electron chi connectivity index (χ2n) is 5.99. The van der Waals surface area contributed by atoms with E-state index in [-0.39, 0.29) is 18.1 Å². The first-order chi connectivity index (χ1) is 11.6. The van der Waals surface area contributed by atoms with Gasteiger partial charge in [0.2, 0.25) is 0 Å². The maximum atomic E-state index is 12.4. The molecule has 0 spiro atoms. The summed E-state index contributed by atoms with van der Waals surface area (Å²) < 4.78 is 21.8. The van der Waals surface area contributed by atoms with Gasteiger partial charge in [0.25, 0.3) is 5.91 Å². The molecule has 0 aromatic carbocycles. The van der Waals surface area contributed by atoms with E-state index >= 15 is 0 Å². The largest absolute Gasteiger partial charge is 0.469 e. The van der Waals surface area contributed by atoms with E-state index in [9.17, 15) is 4.79 Å². The fourth-order valence-electron chi connectivity index (χ4n) is 2.81. The number of nitrogens with zero attached hydrogens (tertiary/aromatic N) is 1. The molecule has 0 radical (unpaired) electrons. The van der Waals surface area contributed by atoms with Crippen LogP contribution in [0.25, 0.3) is 0 Å². The molecule has 7 heteroatoms. The first-order valence-corrected chi connectivity index (χ1v) is 8.02. The number of hydrogen-bond donors (Lipinski definition) is 1. The van der Waals surface area contributed by atoms with Crippen molar-refractivity contribution < 1.29 is 23.2 Å². The molecule has 1 N–H and O–H groups in total. The molecule has 130 valence electrons. The zero-order valence-electron chi connectivity index (χ0n) is 14.1. The molecule has 7 nitrogen and oxygen atoms in total. The van der Waals surface area contributed by atoms with E-state index < -0.39 is 0 Å². The summed E-state index contributed by atoms with van der Waals surface area (Å²) in [6, 6.07) is 1.56. The van der Waals surface area contributed by atoms with Crippen LogP contribution in [0.4, 0.5) is 0 Å². The number of amides is 1. The molecule has 1 aliphatic heterocycles. The van der Waals surface area contributed by atoms with Gasteiger partial charge in [-0.1, -0.05) is 5.16 Å². The second kappa shape index (κ2) is 7.19. The van der Waals surface area contributed by atoms with E-state index in [1.807, 2.05) is 13.8 Å². The molecule has 3 rings (SSSR count). The Bertz CT molecular complexity index is 686. The molecule has 1 aliphatic rings. The van der Waals surface area contributed by atoms with Crippen molar-refractivity contribution in [2.24, 2.45) is 0 Å². The SMILES string of the molecule is Cc1noc(C)c1CO[C@@H]1COCC[C@H]1NC(=O)c1ccoc1C. The minimum absolute atomic E-state index is 0.110. The summed E-state index contributed by atoms with van der Waals surface area (Å²) in [4.78, 5) is 12.4. The third-order valence-electron chi connectivity index (χ3n) is 4.35. The third-order valence-corrected chi connectivity index (χ3v) is 4.35. The third kappa shape index (κ3) is 3.52. The Morgan fingerprint density at radius 3 is 2.88 bits per heavy atom. The van der Waals surface area contributed by atoms with Crippen LogP contribution in [0.15, 0.2) is 21.3 Å². The number of carbonyl (C=O) groups is 1. The van der Waals surface area contributed by atoms with E-state index in [1.54, 1.807) is 13.0 Å². The van der Waals surface area contributed by atoms with Gasteiger partial charge in [0.1, 0.15) is 17.6 Å². The molecule has 3 heterocycles. The highest BCUT2D eigenvalue weighted by Gasteiger charge is 2.29. The smallest absolute Gasteiger partial charge is 0.255 e. The Morgan fingerprint density at radius 2 is 2.21 bits per heavy atom. The maximum absolute atomic E-state index is 12.4. The van der Waals surface area contributed by atoms with Gasteiger partial charge in [-0.3, -0.25) is 4.79 Å². The van der Waals surface area contributed by atoms with E-state index in [0.29, 0.717) is 37.6 Å². The van der Waals surface area contributed by atoms with Gasteiger partial charge in [0.05, 0.1) is 36.8 Å². The van der Waals surface area contributed by atoms with Crippen LogP contribution in [0.3, 0.4) is 0 Å². The van der Waals surface area contributed by atoms with Crippen LogP contribution in [0.5, 0.6) is 0 Å². The summed E-state index contributed by atoms with van der Waals surface area (Å²) in [5, 5.41) is 6.95. The number of hydrogen-bond acceptors (Lipinski definition) is 6. The fourth-order valence-corrected chi connectivity index (χ4v) is 2.81. The standard InChI is InChI=1S/C17H22N2O5/c1-10-14(12(3)24-19-10)8-23-16-9-21-6-5-15(16)18-17(20)13-4-7-22-11(13)2/h4,7,15-16H,5-6,8-9H2,1-3H3,(H,18,20)/t15-,16-/m1/s1. The molecule has 24 heavy (non-hydrogen) atoms. The summed E-state index contributed by atoms with van der Waals surface area (Å²) >= 11 is 0. The number of ether oxygens (including phenoxy) is 2. The monoisotopic (exact) mass is 334 g/mol. The van der Waals surface area contributed by atoms with Crippen LogP contribution in [0, 0.1) is 20.8 Å². The predicted octanol–water partition coefficient (Wildman–Crippen LogP) is 2.30. The lowest BCUT2D eigenvalue weighted by molar-refractivity contribution is -0.0739. The van der Waals surface area contributed by atoms with Crippen molar-refractivity contribution in [1.82, 2.24) is 10.5 Å². The highest BCUT2D eigenvalue weighted by atomic mass is 16.5. The van der Waals surface area contributed by atoms with Gasteiger partial charge >= 0.3 is 0 Å². The van der Waals surface area contributed by atoms with Gasteiger partial charge in [-0.25, -0.2) is 0 Å². The predicted molar refractivity (Wildman–Crippen MR) is 84.7 cm³/mol. The van der Waals surface area contributed by atoms with Gasteiger partial charge in [0, 0.05) is 12.2 Å². The molecule has 2 atom stereocenters. The van der Waals surface area contributed by atoms with Crippen LogP contribution in [0.1, 0.15) is 39.6 Å². The van der Waals surface area contributed by atoms with E-state index in [4.69, 9.17) is 18.4 Å². The van der Waals surface area contributed by atoms with Crippen molar-refractivity contribution in [3.8, 4) is 0 Å². The van der Waals surface area contributed by atoms with Crippen molar-refractivity contribution in [1.29, 1.82) is 0 Å². The Hall–Kier alpha value is -2.12. The van der Waals surface area contributed by atoms with Gasteiger partial charge in [-0.15, -0.1) is 0 Å². The minimum Gasteiger partial charge on any atom is -0.469 e. The number of rotatable bonds is 5. The lowest BCUT2D eigenvalue weighted by Crippen LogP contribution is -2.50. The summed E-state index contributed by atoms with van der Waals surface area (Å²) in [7, 11) is 0. The fraction of sp³-hybridized carbons (Fsp3) is 0.529. The Labute approximate surface area is 140 Å². The van der Waals surface area contributed by atoms with Crippen molar-refractivity contribution in [3.05, 3.63) is 40.7 Å². The number of carbonyl (C=O) groups excluding carboxylic acids is 1. The second-order valence-corrected chi connectivity index (χ2v) is 5.99. The minimum atomic E-state index is -0.219. The first-order valence-electron chi connectivity index (χ1n) is 8.02. The Kier molecular flexibility index (Phi) is 5.01. The molecule has 1 amide bonds. The number of aromatic nitrogens is 1. The molecule has 0 bridgehead atoms. The number of aryl methyl sites for hydroxylation is 3. The normalized spacial score (nSPS) is 21.0. The average Bonchev–Trinajstić information content (AvgIpc) is 3.13. The van der Waals surface area contributed by atoms with Crippen LogP contribution in [-0.2, 0) is 16.1 Å². The first kappa shape index (κ1) is 16.7. The summed E-state index contributed by atoms with van der Waals surface area (Å²) in [6.07, 6.45) is 2.00. The van der Waals surface area contributed by atoms with Gasteiger partial charge in [-0.05, 0) is 33.3 Å². The van der Waals surface area contributed by atoms with Crippen LogP contribution < -0.4 is 5.32 Å². The molecule has 0 unspecified atom stereocenters. The van der Waals surface area contributed by atoms with Crippen molar-refractivity contribution in [2.45, 2.75) is 45.9 Å². The summed E-state index contributed by atoms with van der Waals surface area (Å²) in [5.74, 6) is 1.20. The lowest BCUT2D eigenvalue weighted by Gasteiger charge is -2.32. The van der Waals surface area contributed by atoms with E-state index in [2.05, 4.69) is 10.5 Å². The molecule has 0 aliphatic carbocycles. The maximum Gasteiger partial charge on any atom is 0.255 e. The van der Waals surface area contributed by atoms with Gasteiger partial charge in [0.15, 0.2) is 0 Å².